The summed E-state index contributed by atoms with van der Waals surface area (Å²) < 4.78 is 0. The second-order valence-electron chi connectivity index (χ2n) is 4.77. The Labute approximate surface area is 102 Å². The molecule has 0 amide bonds. The van der Waals surface area contributed by atoms with Crippen molar-refractivity contribution in [3.8, 4) is 6.07 Å². The molecule has 0 aromatic heterocycles. The molecule has 1 aromatic rings. The van der Waals surface area contributed by atoms with Crippen LogP contribution >= 0.6 is 0 Å². The van der Waals surface area contributed by atoms with E-state index in [2.05, 4.69) is 11.4 Å². The molecule has 1 aromatic carbocycles. The zero-order valence-corrected chi connectivity index (χ0v) is 10.5. The van der Waals surface area contributed by atoms with Gasteiger partial charge in [-0.1, -0.05) is 0 Å². The highest BCUT2D eigenvalue weighted by Crippen LogP contribution is 2.22. The van der Waals surface area contributed by atoms with Gasteiger partial charge in [0.2, 0.25) is 0 Å². The fraction of sp³-hybridized carbons (Fsp3) is 0.462. The fourth-order valence-corrected chi connectivity index (χ4v) is 1.40. The summed E-state index contributed by atoms with van der Waals surface area (Å²) in [4.78, 5) is 0. The SMILES string of the molecule is CC(O)C(C)(C)Nc1ccc(N)c(CC#N)c1. The predicted molar refractivity (Wildman–Crippen MR) is 69.6 cm³/mol. The first kappa shape index (κ1) is 13.3. The number of benzene rings is 1. The summed E-state index contributed by atoms with van der Waals surface area (Å²) in [6, 6.07) is 7.55. The highest BCUT2D eigenvalue weighted by Gasteiger charge is 2.23. The topological polar surface area (TPSA) is 82.1 Å². The van der Waals surface area contributed by atoms with Gasteiger partial charge in [-0.2, -0.15) is 5.26 Å². The van der Waals surface area contributed by atoms with Gasteiger partial charge in [0.25, 0.3) is 0 Å². The van der Waals surface area contributed by atoms with E-state index in [0.29, 0.717) is 5.69 Å². The van der Waals surface area contributed by atoms with Gasteiger partial charge in [-0.15, -0.1) is 0 Å². The average Bonchev–Trinajstić information content (AvgIpc) is 2.23. The van der Waals surface area contributed by atoms with Gasteiger partial charge in [-0.3, -0.25) is 0 Å². The van der Waals surface area contributed by atoms with E-state index in [4.69, 9.17) is 11.0 Å². The normalized spacial score (nSPS) is 12.9. The third-order valence-corrected chi connectivity index (χ3v) is 2.92. The molecule has 0 fully saturated rings. The van der Waals surface area contributed by atoms with Gasteiger partial charge in [0, 0.05) is 11.4 Å². The Morgan fingerprint density at radius 2 is 2.18 bits per heavy atom. The Bertz CT molecular complexity index is 433. The zero-order valence-electron chi connectivity index (χ0n) is 10.5. The minimum absolute atomic E-state index is 0.288. The molecular weight excluding hydrogens is 214 g/mol. The second kappa shape index (κ2) is 5.07. The molecule has 4 nitrogen and oxygen atoms in total. The molecule has 0 spiro atoms. The largest absolute Gasteiger partial charge is 0.398 e. The van der Waals surface area contributed by atoms with Crippen molar-refractivity contribution < 1.29 is 5.11 Å². The van der Waals surface area contributed by atoms with Crippen molar-refractivity contribution >= 4 is 11.4 Å². The summed E-state index contributed by atoms with van der Waals surface area (Å²) in [6.07, 6.45) is -0.198. The van der Waals surface area contributed by atoms with Crippen LogP contribution < -0.4 is 11.1 Å². The fourth-order valence-electron chi connectivity index (χ4n) is 1.40. The minimum Gasteiger partial charge on any atom is -0.398 e. The van der Waals surface area contributed by atoms with Crippen molar-refractivity contribution in [1.29, 1.82) is 5.26 Å². The van der Waals surface area contributed by atoms with E-state index in [1.807, 2.05) is 26.0 Å². The van der Waals surface area contributed by atoms with Crippen LogP contribution in [0, 0.1) is 11.3 Å². The smallest absolute Gasteiger partial charge is 0.0736 e. The van der Waals surface area contributed by atoms with Crippen LogP contribution in [0.15, 0.2) is 18.2 Å². The molecule has 0 aliphatic carbocycles. The van der Waals surface area contributed by atoms with Crippen LogP contribution in [0.25, 0.3) is 0 Å². The van der Waals surface area contributed by atoms with Gasteiger partial charge in [-0.05, 0) is 44.5 Å². The number of anilines is 2. The summed E-state index contributed by atoms with van der Waals surface area (Å²) >= 11 is 0. The van der Waals surface area contributed by atoms with Crippen LogP contribution in [0.5, 0.6) is 0 Å². The third-order valence-electron chi connectivity index (χ3n) is 2.92. The molecule has 0 heterocycles. The number of nitrogens with two attached hydrogens (primary N) is 1. The first-order chi connectivity index (χ1) is 7.86. The van der Waals surface area contributed by atoms with Crippen LogP contribution in [0.1, 0.15) is 26.3 Å². The number of nitrogens with one attached hydrogen (secondary N) is 1. The number of rotatable bonds is 4. The van der Waals surface area contributed by atoms with Gasteiger partial charge < -0.3 is 16.2 Å². The number of aliphatic hydroxyl groups is 1. The Hall–Kier alpha value is -1.73. The van der Waals surface area contributed by atoms with E-state index in [-0.39, 0.29) is 6.42 Å². The maximum Gasteiger partial charge on any atom is 0.0736 e. The van der Waals surface area contributed by atoms with Gasteiger partial charge in [0.15, 0.2) is 0 Å². The summed E-state index contributed by atoms with van der Waals surface area (Å²) in [5.41, 5.74) is 7.62. The van der Waals surface area contributed by atoms with Crippen LogP contribution in [0.2, 0.25) is 0 Å². The number of nitrogens with zero attached hydrogens (tertiary/aromatic N) is 1. The average molecular weight is 233 g/mol. The molecule has 4 N–H and O–H groups in total. The Balaban J connectivity index is 2.94. The summed E-state index contributed by atoms with van der Waals surface area (Å²) in [5, 5.41) is 21.5. The molecule has 0 aliphatic heterocycles. The zero-order chi connectivity index (χ0) is 13.1. The number of hydrogen-bond acceptors (Lipinski definition) is 4. The van der Waals surface area contributed by atoms with Crippen molar-refractivity contribution in [2.45, 2.75) is 38.8 Å². The molecule has 0 saturated heterocycles. The molecule has 0 saturated carbocycles. The lowest BCUT2D eigenvalue weighted by Crippen LogP contribution is -2.41. The molecule has 1 atom stereocenters. The molecule has 1 unspecified atom stereocenters. The molecule has 0 radical (unpaired) electrons. The lowest BCUT2D eigenvalue weighted by Gasteiger charge is -2.30. The Morgan fingerprint density at radius 3 is 2.71 bits per heavy atom. The van der Waals surface area contributed by atoms with Crippen molar-refractivity contribution in [2.75, 3.05) is 11.1 Å². The molecule has 92 valence electrons. The number of nitriles is 1. The maximum absolute atomic E-state index is 9.63. The standard InChI is InChI=1S/C13H19N3O/c1-9(17)13(2,3)16-11-4-5-12(15)10(8-11)6-7-14/h4-5,8-9,16-17H,6,15H2,1-3H3. The van der Waals surface area contributed by atoms with E-state index in [1.54, 1.807) is 13.0 Å². The van der Waals surface area contributed by atoms with Crippen molar-refractivity contribution in [3.63, 3.8) is 0 Å². The Morgan fingerprint density at radius 1 is 1.53 bits per heavy atom. The van der Waals surface area contributed by atoms with Crippen molar-refractivity contribution in [1.82, 2.24) is 0 Å². The second-order valence-corrected chi connectivity index (χ2v) is 4.77. The summed E-state index contributed by atoms with van der Waals surface area (Å²) in [6.45, 7) is 5.57. The molecule has 1 rings (SSSR count). The van der Waals surface area contributed by atoms with Gasteiger partial charge in [0.1, 0.15) is 0 Å². The first-order valence-corrected chi connectivity index (χ1v) is 5.58. The van der Waals surface area contributed by atoms with Crippen LogP contribution in [-0.4, -0.2) is 16.7 Å². The van der Waals surface area contributed by atoms with E-state index in [9.17, 15) is 5.11 Å². The minimum atomic E-state index is -0.487. The predicted octanol–water partition coefficient (Wildman–Crippen LogP) is 1.91. The van der Waals surface area contributed by atoms with E-state index < -0.39 is 11.6 Å². The van der Waals surface area contributed by atoms with E-state index >= 15 is 0 Å². The maximum atomic E-state index is 9.63. The highest BCUT2D eigenvalue weighted by atomic mass is 16.3. The van der Waals surface area contributed by atoms with Gasteiger partial charge >= 0.3 is 0 Å². The molecule has 0 bridgehead atoms. The number of nitrogen functional groups attached to an aromatic ring is 1. The monoisotopic (exact) mass is 233 g/mol. The van der Waals surface area contributed by atoms with Crippen LogP contribution in [0.3, 0.4) is 0 Å². The molecule has 17 heavy (non-hydrogen) atoms. The highest BCUT2D eigenvalue weighted by molar-refractivity contribution is 5.58. The summed E-state index contributed by atoms with van der Waals surface area (Å²) in [7, 11) is 0. The van der Waals surface area contributed by atoms with Crippen molar-refractivity contribution in [3.05, 3.63) is 23.8 Å². The lowest BCUT2D eigenvalue weighted by atomic mass is 9.98. The van der Waals surface area contributed by atoms with Crippen LogP contribution in [-0.2, 0) is 6.42 Å². The van der Waals surface area contributed by atoms with Crippen LogP contribution in [0.4, 0.5) is 11.4 Å². The van der Waals surface area contributed by atoms with E-state index in [1.165, 1.54) is 0 Å². The molecule has 4 heteroatoms. The number of hydrogen-bond donors (Lipinski definition) is 3. The molecular formula is C13H19N3O. The van der Waals surface area contributed by atoms with Crippen molar-refractivity contribution in [2.24, 2.45) is 0 Å². The third kappa shape index (κ3) is 3.36. The van der Waals surface area contributed by atoms with Gasteiger partial charge in [-0.25, -0.2) is 0 Å². The molecule has 0 aliphatic rings. The quantitative estimate of drug-likeness (QED) is 0.694. The van der Waals surface area contributed by atoms with E-state index in [0.717, 1.165) is 11.3 Å². The summed E-state index contributed by atoms with van der Waals surface area (Å²) in [5.74, 6) is 0. The number of aliphatic hydroxyl groups excluding tert-OH is 1. The van der Waals surface area contributed by atoms with Gasteiger partial charge in [0.05, 0.1) is 24.1 Å². The lowest BCUT2D eigenvalue weighted by molar-refractivity contribution is 0.133. The first-order valence-electron chi connectivity index (χ1n) is 5.58. The Kier molecular flexibility index (Phi) is 3.97.